The molecule has 0 spiro atoms. The van der Waals surface area contributed by atoms with Crippen molar-refractivity contribution in [2.45, 2.75) is 52.9 Å². The van der Waals surface area contributed by atoms with Gasteiger partial charge in [0.15, 0.2) is 0 Å². The molecule has 1 heteroatoms. The van der Waals surface area contributed by atoms with Crippen LogP contribution in [0.25, 0.3) is 10.8 Å². The summed E-state index contributed by atoms with van der Waals surface area (Å²) in [5, 5.41) is 11.6. The van der Waals surface area contributed by atoms with E-state index in [-0.39, 0.29) is 6.61 Å². The van der Waals surface area contributed by atoms with Crippen molar-refractivity contribution in [1.29, 1.82) is 0 Å². The predicted octanol–water partition coefficient (Wildman–Crippen LogP) is 6.77. The Morgan fingerprint density at radius 3 is 2.12 bits per heavy atom. The molecule has 2 aromatic rings. The molecule has 0 bridgehead atoms. The maximum Gasteiger partial charge on any atom is 0.0614 e. The lowest BCUT2D eigenvalue weighted by molar-refractivity contribution is 0.341. The number of fused-ring (bicyclic) bond motifs is 1. The average Bonchev–Trinajstić information content (AvgIpc) is 2.62. The molecule has 0 amide bonds. The molecule has 0 saturated carbocycles. The standard InChI is InChI=1S/C25H32O/c1-20(9-6-11-21(2)17-18-26)10-7-12-22(3)19-24-15-8-14-23-13-4-5-16-25(23)24/h4-5,8-9,12-17,26H,6-7,10-11,18-19H2,1-3H3/b20-9+,21-17+,22-12+. The molecule has 0 aliphatic carbocycles. The second-order valence-corrected chi connectivity index (χ2v) is 7.23. The zero-order chi connectivity index (χ0) is 18.8. The number of benzene rings is 2. The molecular formula is C25H32O. The second-order valence-electron chi connectivity index (χ2n) is 7.23. The number of aliphatic hydroxyl groups excluding tert-OH is 1. The molecule has 0 aromatic heterocycles. The fourth-order valence-electron chi connectivity index (χ4n) is 3.27. The highest BCUT2D eigenvalue weighted by Gasteiger charge is 2.01. The van der Waals surface area contributed by atoms with Crippen molar-refractivity contribution in [3.05, 3.63) is 83.0 Å². The molecule has 0 saturated heterocycles. The smallest absolute Gasteiger partial charge is 0.0614 e. The highest BCUT2D eigenvalue weighted by molar-refractivity contribution is 5.85. The third-order valence-corrected chi connectivity index (χ3v) is 4.85. The maximum absolute atomic E-state index is 8.88. The summed E-state index contributed by atoms with van der Waals surface area (Å²) in [4.78, 5) is 0. The van der Waals surface area contributed by atoms with Gasteiger partial charge in [0.05, 0.1) is 6.61 Å². The highest BCUT2D eigenvalue weighted by Crippen LogP contribution is 2.21. The molecule has 0 fully saturated rings. The van der Waals surface area contributed by atoms with Gasteiger partial charge in [0, 0.05) is 0 Å². The van der Waals surface area contributed by atoms with Crippen molar-refractivity contribution >= 4 is 10.8 Å². The summed E-state index contributed by atoms with van der Waals surface area (Å²) in [6, 6.07) is 15.2. The van der Waals surface area contributed by atoms with Crippen LogP contribution in [-0.4, -0.2) is 11.7 Å². The first-order valence-electron chi connectivity index (χ1n) is 9.64. The Labute approximate surface area is 158 Å². The normalized spacial score (nSPS) is 13.5. The van der Waals surface area contributed by atoms with E-state index in [4.69, 9.17) is 5.11 Å². The first-order chi connectivity index (χ1) is 12.6. The van der Waals surface area contributed by atoms with Crippen LogP contribution in [-0.2, 0) is 6.42 Å². The Bertz CT molecular complexity index is 787. The largest absolute Gasteiger partial charge is 0.392 e. The van der Waals surface area contributed by atoms with Crippen LogP contribution in [0, 0.1) is 0 Å². The van der Waals surface area contributed by atoms with Crippen molar-refractivity contribution in [1.82, 2.24) is 0 Å². The van der Waals surface area contributed by atoms with E-state index in [1.807, 2.05) is 6.08 Å². The van der Waals surface area contributed by atoms with Crippen LogP contribution in [0.4, 0.5) is 0 Å². The molecule has 138 valence electrons. The summed E-state index contributed by atoms with van der Waals surface area (Å²) in [5.74, 6) is 0. The number of hydrogen-bond donors (Lipinski definition) is 1. The maximum atomic E-state index is 8.88. The van der Waals surface area contributed by atoms with E-state index in [0.717, 1.165) is 32.1 Å². The molecule has 26 heavy (non-hydrogen) atoms. The van der Waals surface area contributed by atoms with Crippen molar-refractivity contribution in [2.75, 3.05) is 6.61 Å². The Hall–Kier alpha value is -2.12. The highest BCUT2D eigenvalue weighted by atomic mass is 16.2. The molecule has 0 aliphatic rings. The van der Waals surface area contributed by atoms with Crippen LogP contribution < -0.4 is 0 Å². The van der Waals surface area contributed by atoms with Crippen molar-refractivity contribution in [3.63, 3.8) is 0 Å². The third-order valence-electron chi connectivity index (χ3n) is 4.85. The van der Waals surface area contributed by atoms with E-state index in [0.29, 0.717) is 0 Å². The van der Waals surface area contributed by atoms with Gasteiger partial charge in [-0.2, -0.15) is 0 Å². The summed E-state index contributed by atoms with van der Waals surface area (Å²) in [6.45, 7) is 6.69. The van der Waals surface area contributed by atoms with E-state index >= 15 is 0 Å². The van der Waals surface area contributed by atoms with Crippen LogP contribution in [0.2, 0.25) is 0 Å². The van der Waals surface area contributed by atoms with Gasteiger partial charge in [-0.3, -0.25) is 0 Å². The SMILES string of the molecule is C/C(=C\CO)CC/C=C(\C)CC/C=C(\C)Cc1cccc2ccccc12. The first-order valence-corrected chi connectivity index (χ1v) is 9.64. The lowest BCUT2D eigenvalue weighted by Crippen LogP contribution is -1.89. The molecule has 0 heterocycles. The van der Waals surface area contributed by atoms with E-state index < -0.39 is 0 Å². The molecule has 1 nitrogen and oxygen atoms in total. The van der Waals surface area contributed by atoms with Crippen molar-refractivity contribution in [2.24, 2.45) is 0 Å². The summed E-state index contributed by atoms with van der Waals surface area (Å²) in [5.41, 5.74) is 5.57. The van der Waals surface area contributed by atoms with E-state index in [2.05, 4.69) is 75.4 Å². The average molecular weight is 349 g/mol. The molecule has 0 radical (unpaired) electrons. The van der Waals surface area contributed by atoms with Crippen molar-refractivity contribution in [3.8, 4) is 0 Å². The Morgan fingerprint density at radius 1 is 0.769 bits per heavy atom. The fourth-order valence-corrected chi connectivity index (χ4v) is 3.27. The van der Waals surface area contributed by atoms with Gasteiger partial charge >= 0.3 is 0 Å². The summed E-state index contributed by atoms with van der Waals surface area (Å²) in [7, 11) is 0. The number of rotatable bonds is 9. The lowest BCUT2D eigenvalue weighted by Gasteiger charge is -2.07. The van der Waals surface area contributed by atoms with Gasteiger partial charge < -0.3 is 5.11 Å². The van der Waals surface area contributed by atoms with E-state index in [9.17, 15) is 0 Å². The summed E-state index contributed by atoms with van der Waals surface area (Å²) >= 11 is 0. The minimum atomic E-state index is 0.148. The van der Waals surface area contributed by atoms with Gasteiger partial charge in [0.1, 0.15) is 0 Å². The molecule has 2 aromatic carbocycles. The van der Waals surface area contributed by atoms with Crippen molar-refractivity contribution < 1.29 is 5.11 Å². The quantitative estimate of drug-likeness (QED) is 0.495. The van der Waals surface area contributed by atoms with Gasteiger partial charge in [-0.05, 0) is 69.2 Å². The minimum absolute atomic E-state index is 0.148. The zero-order valence-corrected chi connectivity index (χ0v) is 16.5. The molecule has 1 N–H and O–H groups in total. The van der Waals surface area contributed by atoms with Crippen LogP contribution in [0.1, 0.15) is 52.0 Å². The Morgan fingerprint density at radius 2 is 1.38 bits per heavy atom. The van der Waals surface area contributed by atoms with Crippen LogP contribution >= 0.6 is 0 Å². The summed E-state index contributed by atoms with van der Waals surface area (Å²) < 4.78 is 0. The molecular weight excluding hydrogens is 316 g/mol. The summed E-state index contributed by atoms with van der Waals surface area (Å²) in [6.07, 6.45) is 12.0. The number of aliphatic hydroxyl groups is 1. The predicted molar refractivity (Wildman–Crippen MR) is 114 cm³/mol. The van der Waals surface area contributed by atoms with Gasteiger partial charge in [0.2, 0.25) is 0 Å². The van der Waals surface area contributed by atoms with Crippen LogP contribution in [0.5, 0.6) is 0 Å². The van der Waals surface area contributed by atoms with E-state index in [1.54, 1.807) is 0 Å². The van der Waals surface area contributed by atoms with E-state index in [1.165, 1.54) is 33.1 Å². The number of allylic oxidation sites excluding steroid dienone is 5. The number of hydrogen-bond acceptors (Lipinski definition) is 1. The lowest BCUT2D eigenvalue weighted by atomic mass is 9.98. The van der Waals surface area contributed by atoms with Gasteiger partial charge in [-0.15, -0.1) is 0 Å². The third kappa shape index (κ3) is 6.65. The topological polar surface area (TPSA) is 20.2 Å². The van der Waals surface area contributed by atoms with Crippen LogP contribution in [0.15, 0.2) is 77.4 Å². The second kappa shape index (κ2) is 10.8. The van der Waals surface area contributed by atoms with Gasteiger partial charge in [0.25, 0.3) is 0 Å². The Kier molecular flexibility index (Phi) is 8.37. The molecule has 0 aliphatic heterocycles. The van der Waals surface area contributed by atoms with Gasteiger partial charge in [-0.1, -0.05) is 77.4 Å². The fraction of sp³-hybridized carbons (Fsp3) is 0.360. The van der Waals surface area contributed by atoms with Gasteiger partial charge in [-0.25, -0.2) is 0 Å². The van der Waals surface area contributed by atoms with Crippen LogP contribution in [0.3, 0.4) is 0 Å². The minimum Gasteiger partial charge on any atom is -0.392 e. The molecule has 0 atom stereocenters. The molecule has 2 rings (SSSR count). The zero-order valence-electron chi connectivity index (χ0n) is 16.5. The molecule has 0 unspecified atom stereocenters. The monoisotopic (exact) mass is 348 g/mol. The Balaban J connectivity index is 1.85. The first kappa shape index (κ1) is 20.2.